The number of amides is 1. The number of nitrogens with one attached hydrogen (secondary N) is 1. The molecule has 0 spiro atoms. The van der Waals surface area contributed by atoms with Crippen molar-refractivity contribution >= 4 is 26.8 Å². The minimum Gasteiger partial charge on any atom is -0.391 e. The predicted molar refractivity (Wildman–Crippen MR) is 141 cm³/mol. The lowest BCUT2D eigenvalue weighted by molar-refractivity contribution is -0.117. The molecule has 2 aromatic carbocycles. The molecule has 2 atom stereocenters. The third-order valence-electron chi connectivity index (χ3n) is 7.06. The molecule has 9 heteroatoms. The second-order valence-corrected chi connectivity index (χ2v) is 11.7. The topological polar surface area (TPSA) is 126 Å². The number of H-pyrrole nitrogens is 1. The van der Waals surface area contributed by atoms with Crippen LogP contribution in [0, 0.1) is 0 Å². The van der Waals surface area contributed by atoms with Crippen LogP contribution in [0.3, 0.4) is 0 Å². The number of benzene rings is 2. The average molecular weight is 514 g/mol. The van der Waals surface area contributed by atoms with Crippen LogP contribution in [0.4, 0.5) is 0 Å². The first-order chi connectivity index (χ1) is 17.2. The number of aromatic amines is 1. The standard InChI is InChI=1S/C27H35N3O5S/c1-18(31)19(2)35-12-13-36(33,34)30-10-8-21(9-11-30)25-17-29-27-23(16-26(28)32)14-22(15-24(25)27)20-6-4-3-5-7-20/h3-7,14-15,17-19,21,29,31H,8-13,16H2,1-2H3,(H2,28,32). The van der Waals surface area contributed by atoms with E-state index in [0.29, 0.717) is 25.9 Å². The van der Waals surface area contributed by atoms with Gasteiger partial charge < -0.3 is 20.6 Å². The number of aliphatic hydroxyl groups excluding tert-OH is 1. The Kier molecular flexibility index (Phi) is 8.14. The Morgan fingerprint density at radius 3 is 2.50 bits per heavy atom. The predicted octanol–water partition coefficient (Wildman–Crippen LogP) is 3.16. The van der Waals surface area contributed by atoms with Crippen molar-refractivity contribution in [2.24, 2.45) is 5.73 Å². The number of sulfonamides is 1. The summed E-state index contributed by atoms with van der Waals surface area (Å²) in [5.74, 6) is -0.286. The summed E-state index contributed by atoms with van der Waals surface area (Å²) in [6, 6.07) is 14.2. The molecule has 36 heavy (non-hydrogen) atoms. The van der Waals surface area contributed by atoms with E-state index in [0.717, 1.165) is 33.2 Å². The molecule has 1 amide bonds. The fourth-order valence-electron chi connectivity index (χ4n) is 4.84. The Morgan fingerprint density at radius 2 is 1.86 bits per heavy atom. The maximum absolute atomic E-state index is 12.8. The van der Waals surface area contributed by atoms with Gasteiger partial charge in [-0.2, -0.15) is 0 Å². The second kappa shape index (κ2) is 11.1. The summed E-state index contributed by atoms with van der Waals surface area (Å²) >= 11 is 0. The highest BCUT2D eigenvalue weighted by molar-refractivity contribution is 7.89. The third-order valence-corrected chi connectivity index (χ3v) is 8.90. The third kappa shape index (κ3) is 5.98. The average Bonchev–Trinajstić information content (AvgIpc) is 3.28. The highest BCUT2D eigenvalue weighted by Gasteiger charge is 2.30. The number of ether oxygens (including phenoxy) is 1. The van der Waals surface area contributed by atoms with Crippen molar-refractivity contribution in [1.29, 1.82) is 0 Å². The normalized spacial score (nSPS) is 17.3. The molecule has 0 radical (unpaired) electrons. The lowest BCUT2D eigenvalue weighted by Crippen LogP contribution is -2.40. The quantitative estimate of drug-likeness (QED) is 0.384. The van der Waals surface area contributed by atoms with E-state index in [9.17, 15) is 18.3 Å². The highest BCUT2D eigenvalue weighted by atomic mass is 32.2. The zero-order valence-electron chi connectivity index (χ0n) is 20.8. The van der Waals surface area contributed by atoms with Crippen molar-refractivity contribution in [3.05, 3.63) is 59.8 Å². The van der Waals surface area contributed by atoms with Gasteiger partial charge >= 0.3 is 0 Å². The summed E-state index contributed by atoms with van der Waals surface area (Å²) in [5.41, 5.74) is 10.5. The number of rotatable bonds is 10. The second-order valence-electron chi connectivity index (χ2n) is 9.62. The van der Waals surface area contributed by atoms with Crippen LogP contribution in [0.1, 0.15) is 43.7 Å². The fraction of sp³-hybridized carbons (Fsp3) is 0.444. The van der Waals surface area contributed by atoms with Gasteiger partial charge in [-0.3, -0.25) is 4.79 Å². The lowest BCUT2D eigenvalue weighted by atomic mass is 9.88. The monoisotopic (exact) mass is 513 g/mol. The molecule has 4 rings (SSSR count). The van der Waals surface area contributed by atoms with Crippen molar-refractivity contribution < 1.29 is 23.1 Å². The van der Waals surface area contributed by atoms with E-state index in [1.54, 1.807) is 18.2 Å². The van der Waals surface area contributed by atoms with Gasteiger partial charge in [-0.25, -0.2) is 12.7 Å². The molecule has 0 saturated carbocycles. The Morgan fingerprint density at radius 1 is 1.17 bits per heavy atom. The van der Waals surface area contributed by atoms with Gasteiger partial charge in [-0.1, -0.05) is 30.3 Å². The minimum absolute atomic E-state index is 0.0572. The smallest absolute Gasteiger partial charge is 0.221 e. The van der Waals surface area contributed by atoms with E-state index < -0.39 is 22.2 Å². The number of primary amides is 1. The molecule has 4 N–H and O–H groups in total. The molecule has 1 aliphatic rings. The van der Waals surface area contributed by atoms with Crippen molar-refractivity contribution in [3.8, 4) is 11.1 Å². The van der Waals surface area contributed by atoms with Crippen molar-refractivity contribution in [2.75, 3.05) is 25.4 Å². The number of fused-ring (bicyclic) bond motifs is 1. The van der Waals surface area contributed by atoms with Gasteiger partial charge in [0.1, 0.15) is 0 Å². The Labute approximate surface area is 212 Å². The molecule has 1 fully saturated rings. The van der Waals surface area contributed by atoms with Crippen LogP contribution in [0.25, 0.3) is 22.0 Å². The molecule has 1 saturated heterocycles. The summed E-state index contributed by atoms with van der Waals surface area (Å²) in [5, 5.41) is 10.6. The molecule has 1 aliphatic heterocycles. The van der Waals surface area contributed by atoms with E-state index in [2.05, 4.69) is 11.1 Å². The number of hydrogen-bond donors (Lipinski definition) is 3. The van der Waals surface area contributed by atoms with Crippen LogP contribution in [0.5, 0.6) is 0 Å². The lowest BCUT2D eigenvalue weighted by Gasteiger charge is -2.31. The van der Waals surface area contributed by atoms with Crippen LogP contribution in [-0.2, 0) is 26.0 Å². The summed E-state index contributed by atoms with van der Waals surface area (Å²) in [6.45, 7) is 4.29. The van der Waals surface area contributed by atoms with Gasteiger partial charge in [0.15, 0.2) is 0 Å². The van der Waals surface area contributed by atoms with E-state index >= 15 is 0 Å². The van der Waals surface area contributed by atoms with Crippen LogP contribution >= 0.6 is 0 Å². The van der Waals surface area contributed by atoms with Gasteiger partial charge in [0.05, 0.1) is 31.0 Å². The van der Waals surface area contributed by atoms with Crippen LogP contribution in [0.15, 0.2) is 48.7 Å². The number of aliphatic hydroxyl groups is 1. The van der Waals surface area contributed by atoms with Crippen LogP contribution in [-0.4, -0.2) is 66.4 Å². The summed E-state index contributed by atoms with van der Waals surface area (Å²) < 4.78 is 32.6. The number of nitrogens with two attached hydrogens (primary N) is 1. The number of carbonyl (C=O) groups excluding carboxylic acids is 1. The largest absolute Gasteiger partial charge is 0.391 e. The van der Waals surface area contributed by atoms with Crippen molar-refractivity contribution in [3.63, 3.8) is 0 Å². The number of hydrogen-bond acceptors (Lipinski definition) is 5. The first-order valence-corrected chi connectivity index (χ1v) is 14.0. The van der Waals surface area contributed by atoms with Gasteiger partial charge in [0.25, 0.3) is 0 Å². The van der Waals surface area contributed by atoms with E-state index in [1.807, 2.05) is 42.6 Å². The molecule has 1 aromatic heterocycles. The maximum Gasteiger partial charge on any atom is 0.221 e. The zero-order chi connectivity index (χ0) is 25.9. The maximum atomic E-state index is 12.8. The number of carbonyl (C=O) groups is 1. The Balaban J connectivity index is 1.52. The molecule has 0 aliphatic carbocycles. The van der Waals surface area contributed by atoms with Crippen LogP contribution < -0.4 is 5.73 Å². The van der Waals surface area contributed by atoms with Gasteiger partial charge in [0.2, 0.25) is 15.9 Å². The molecular weight excluding hydrogens is 478 g/mol. The summed E-state index contributed by atoms with van der Waals surface area (Å²) in [7, 11) is -3.43. The van der Waals surface area contributed by atoms with Crippen molar-refractivity contribution in [2.45, 2.75) is 51.2 Å². The Bertz CT molecular complexity index is 1300. The van der Waals surface area contributed by atoms with Gasteiger partial charge in [-0.05, 0) is 67.0 Å². The summed E-state index contributed by atoms with van der Waals surface area (Å²) in [4.78, 5) is 15.1. The molecular formula is C27H35N3O5S. The fourth-order valence-corrected chi connectivity index (χ4v) is 6.17. The van der Waals surface area contributed by atoms with Gasteiger partial charge in [-0.15, -0.1) is 0 Å². The molecule has 2 heterocycles. The number of nitrogens with zero attached hydrogens (tertiary/aromatic N) is 1. The SMILES string of the molecule is CC(O)C(C)OCCS(=O)(=O)N1CCC(c2c[nH]c3c(CC(N)=O)cc(-c4ccccc4)cc23)CC1. The molecule has 8 nitrogen and oxygen atoms in total. The van der Waals surface area contributed by atoms with E-state index in [4.69, 9.17) is 10.5 Å². The van der Waals surface area contributed by atoms with E-state index in [1.165, 1.54) is 0 Å². The minimum atomic E-state index is -3.43. The molecule has 194 valence electrons. The number of piperidine rings is 1. The molecule has 3 aromatic rings. The number of aromatic nitrogens is 1. The molecule has 0 bridgehead atoms. The first-order valence-electron chi connectivity index (χ1n) is 12.4. The molecule has 2 unspecified atom stereocenters. The Hall–Kier alpha value is -2.72. The van der Waals surface area contributed by atoms with Crippen LogP contribution in [0.2, 0.25) is 0 Å². The zero-order valence-corrected chi connectivity index (χ0v) is 21.6. The van der Waals surface area contributed by atoms with Crippen molar-refractivity contribution in [1.82, 2.24) is 9.29 Å². The first kappa shape index (κ1) is 26.3. The summed E-state index contributed by atoms with van der Waals surface area (Å²) in [6.07, 6.45) is 2.49. The highest BCUT2D eigenvalue weighted by Crippen LogP contribution is 2.37. The van der Waals surface area contributed by atoms with E-state index in [-0.39, 0.29) is 30.6 Å². The van der Waals surface area contributed by atoms with Gasteiger partial charge in [0, 0.05) is 30.2 Å².